The molecule has 1 N–H and O–H groups in total. The van der Waals surface area contributed by atoms with E-state index >= 15 is 0 Å². The van der Waals surface area contributed by atoms with Crippen LogP contribution in [0.5, 0.6) is 0 Å². The van der Waals surface area contributed by atoms with Crippen LogP contribution in [0.4, 0.5) is 4.39 Å². The summed E-state index contributed by atoms with van der Waals surface area (Å²) in [5, 5.41) is 2.93. The number of nitrogens with zero attached hydrogens (tertiary/aromatic N) is 1. The standard InChI is InChI=1S/C22H26BrFN2O3S2/c23-20-7-5-17(6-8-20)16-31(28,29)26-12-9-18(10-13-26)22(27)25-11-14-30-15-19-3-1-2-4-21(19)24/h1-8,18H,9-16H2,(H,25,27). The molecule has 168 valence electrons. The maximum Gasteiger partial charge on any atom is 0.223 e. The molecule has 3 rings (SSSR count). The van der Waals surface area contributed by atoms with Gasteiger partial charge in [-0.25, -0.2) is 17.1 Å². The fourth-order valence-corrected chi connectivity index (χ4v) is 6.14. The lowest BCUT2D eigenvalue weighted by Gasteiger charge is -2.30. The van der Waals surface area contributed by atoms with Crippen LogP contribution in [0.2, 0.25) is 0 Å². The second-order valence-corrected chi connectivity index (χ2v) is 11.5. The summed E-state index contributed by atoms with van der Waals surface area (Å²) in [5.41, 5.74) is 1.41. The van der Waals surface area contributed by atoms with Crippen molar-refractivity contribution in [3.05, 3.63) is 69.9 Å². The molecule has 1 aliphatic heterocycles. The van der Waals surface area contributed by atoms with Gasteiger partial charge in [-0.05, 0) is 42.2 Å². The van der Waals surface area contributed by atoms with Gasteiger partial charge in [0.25, 0.3) is 0 Å². The summed E-state index contributed by atoms with van der Waals surface area (Å²) in [5.74, 6) is 0.821. The van der Waals surface area contributed by atoms with Crippen LogP contribution in [0.1, 0.15) is 24.0 Å². The van der Waals surface area contributed by atoms with Crippen molar-refractivity contribution in [3.63, 3.8) is 0 Å². The Bertz CT molecular complexity index is 979. The van der Waals surface area contributed by atoms with E-state index in [1.54, 1.807) is 36.0 Å². The van der Waals surface area contributed by atoms with Crippen molar-refractivity contribution >= 4 is 43.6 Å². The lowest BCUT2D eigenvalue weighted by Crippen LogP contribution is -2.43. The van der Waals surface area contributed by atoms with E-state index in [0.29, 0.717) is 49.5 Å². The van der Waals surface area contributed by atoms with Crippen molar-refractivity contribution < 1.29 is 17.6 Å². The predicted molar refractivity (Wildman–Crippen MR) is 127 cm³/mol. The number of piperidine rings is 1. The Morgan fingerprint density at radius 2 is 1.81 bits per heavy atom. The molecule has 2 aromatic rings. The van der Waals surface area contributed by atoms with E-state index in [2.05, 4.69) is 21.2 Å². The minimum atomic E-state index is -3.40. The average molecular weight is 529 g/mol. The van der Waals surface area contributed by atoms with E-state index in [1.807, 2.05) is 18.2 Å². The Morgan fingerprint density at radius 3 is 2.48 bits per heavy atom. The number of carbonyl (C=O) groups is 1. The summed E-state index contributed by atoms with van der Waals surface area (Å²) >= 11 is 4.92. The van der Waals surface area contributed by atoms with Gasteiger partial charge in [0, 0.05) is 41.5 Å². The van der Waals surface area contributed by atoms with Gasteiger partial charge in [-0.2, -0.15) is 11.8 Å². The molecular weight excluding hydrogens is 503 g/mol. The normalized spacial score (nSPS) is 15.7. The molecule has 5 nitrogen and oxygen atoms in total. The predicted octanol–water partition coefficient (Wildman–Crippen LogP) is 4.18. The summed E-state index contributed by atoms with van der Waals surface area (Å²) in [6.07, 6.45) is 1.04. The number of amides is 1. The minimum absolute atomic E-state index is 0.0311. The van der Waals surface area contributed by atoms with Crippen LogP contribution in [0.3, 0.4) is 0 Å². The third-order valence-electron chi connectivity index (χ3n) is 5.24. The molecular formula is C22H26BrFN2O3S2. The number of thioether (sulfide) groups is 1. The first kappa shape index (κ1) is 24.2. The van der Waals surface area contributed by atoms with Gasteiger partial charge in [-0.3, -0.25) is 4.79 Å². The van der Waals surface area contributed by atoms with Crippen molar-refractivity contribution in [2.75, 3.05) is 25.4 Å². The summed E-state index contributed by atoms with van der Waals surface area (Å²) in [4.78, 5) is 12.4. The molecule has 0 aromatic heterocycles. The van der Waals surface area contributed by atoms with Crippen LogP contribution in [0.25, 0.3) is 0 Å². The SMILES string of the molecule is O=C(NCCSCc1ccccc1F)C1CCN(S(=O)(=O)Cc2ccc(Br)cc2)CC1. The van der Waals surface area contributed by atoms with Gasteiger partial charge >= 0.3 is 0 Å². The second-order valence-electron chi connectivity index (χ2n) is 7.49. The van der Waals surface area contributed by atoms with Gasteiger partial charge in [0.2, 0.25) is 15.9 Å². The molecule has 0 radical (unpaired) electrons. The van der Waals surface area contributed by atoms with Crippen LogP contribution in [0.15, 0.2) is 53.0 Å². The van der Waals surface area contributed by atoms with E-state index in [1.165, 1.54) is 10.4 Å². The highest BCUT2D eigenvalue weighted by Gasteiger charge is 2.31. The highest BCUT2D eigenvalue weighted by atomic mass is 79.9. The first-order valence-corrected chi connectivity index (χ1v) is 13.7. The van der Waals surface area contributed by atoms with E-state index < -0.39 is 10.0 Å². The molecule has 1 fully saturated rings. The second kappa shape index (κ2) is 11.4. The van der Waals surface area contributed by atoms with Gasteiger partial charge in [0.05, 0.1) is 5.75 Å². The Hall–Kier alpha value is -1.42. The minimum Gasteiger partial charge on any atom is -0.355 e. The number of sulfonamides is 1. The van der Waals surface area contributed by atoms with Gasteiger partial charge in [-0.15, -0.1) is 0 Å². The van der Waals surface area contributed by atoms with Crippen molar-refractivity contribution in [1.82, 2.24) is 9.62 Å². The van der Waals surface area contributed by atoms with Gasteiger partial charge < -0.3 is 5.32 Å². The van der Waals surface area contributed by atoms with Crippen LogP contribution < -0.4 is 5.32 Å². The zero-order chi connectivity index (χ0) is 22.3. The summed E-state index contributed by atoms with van der Waals surface area (Å²) < 4.78 is 41.4. The average Bonchev–Trinajstić information content (AvgIpc) is 2.76. The van der Waals surface area contributed by atoms with Crippen LogP contribution in [-0.2, 0) is 26.3 Å². The highest BCUT2D eigenvalue weighted by Crippen LogP contribution is 2.22. The molecule has 1 aliphatic rings. The Kier molecular flexibility index (Phi) is 8.95. The number of rotatable bonds is 9. The van der Waals surface area contributed by atoms with Crippen molar-refractivity contribution in [2.24, 2.45) is 5.92 Å². The first-order chi connectivity index (χ1) is 14.8. The molecule has 0 saturated carbocycles. The maximum absolute atomic E-state index is 13.6. The number of halogens is 2. The van der Waals surface area contributed by atoms with E-state index in [0.717, 1.165) is 10.0 Å². The quantitative estimate of drug-likeness (QED) is 0.495. The topological polar surface area (TPSA) is 66.5 Å². The summed E-state index contributed by atoms with van der Waals surface area (Å²) in [6, 6.07) is 13.9. The summed E-state index contributed by atoms with van der Waals surface area (Å²) in [7, 11) is -3.40. The molecule has 2 aromatic carbocycles. The molecule has 1 amide bonds. The Morgan fingerprint density at radius 1 is 1.13 bits per heavy atom. The molecule has 31 heavy (non-hydrogen) atoms. The van der Waals surface area contributed by atoms with Gasteiger partial charge in [0.1, 0.15) is 5.82 Å². The Labute approximate surface area is 196 Å². The molecule has 0 spiro atoms. The number of benzene rings is 2. The van der Waals surface area contributed by atoms with Gasteiger partial charge in [-0.1, -0.05) is 46.3 Å². The third kappa shape index (κ3) is 7.30. The zero-order valence-electron chi connectivity index (χ0n) is 17.1. The lowest BCUT2D eigenvalue weighted by atomic mass is 9.97. The fourth-order valence-electron chi connectivity index (χ4n) is 3.47. The van der Waals surface area contributed by atoms with Crippen LogP contribution in [0, 0.1) is 11.7 Å². The largest absolute Gasteiger partial charge is 0.355 e. The molecule has 0 unspecified atom stereocenters. The van der Waals surface area contributed by atoms with E-state index in [4.69, 9.17) is 0 Å². The first-order valence-electron chi connectivity index (χ1n) is 10.2. The molecule has 0 bridgehead atoms. The molecule has 9 heteroatoms. The summed E-state index contributed by atoms with van der Waals surface area (Å²) in [6.45, 7) is 1.23. The number of hydrogen-bond acceptors (Lipinski definition) is 4. The number of carbonyl (C=O) groups excluding carboxylic acids is 1. The molecule has 1 saturated heterocycles. The monoisotopic (exact) mass is 528 g/mol. The van der Waals surface area contributed by atoms with Crippen LogP contribution >= 0.6 is 27.7 Å². The zero-order valence-corrected chi connectivity index (χ0v) is 20.3. The van der Waals surface area contributed by atoms with Crippen molar-refractivity contribution in [2.45, 2.75) is 24.3 Å². The number of hydrogen-bond donors (Lipinski definition) is 1. The number of nitrogens with one attached hydrogen (secondary N) is 1. The van der Waals surface area contributed by atoms with Crippen LogP contribution in [-0.4, -0.2) is 44.0 Å². The molecule has 0 aliphatic carbocycles. The van der Waals surface area contributed by atoms with E-state index in [9.17, 15) is 17.6 Å². The lowest BCUT2D eigenvalue weighted by molar-refractivity contribution is -0.125. The molecule has 1 heterocycles. The fraction of sp³-hybridized carbons (Fsp3) is 0.409. The Balaban J connectivity index is 1.37. The van der Waals surface area contributed by atoms with Gasteiger partial charge in [0.15, 0.2) is 0 Å². The third-order valence-corrected chi connectivity index (χ3v) is 8.63. The highest BCUT2D eigenvalue weighted by molar-refractivity contribution is 9.10. The van der Waals surface area contributed by atoms with E-state index in [-0.39, 0.29) is 23.4 Å². The van der Waals surface area contributed by atoms with Crippen molar-refractivity contribution in [1.29, 1.82) is 0 Å². The molecule has 0 atom stereocenters. The smallest absolute Gasteiger partial charge is 0.223 e. The van der Waals surface area contributed by atoms with Crippen molar-refractivity contribution in [3.8, 4) is 0 Å². The maximum atomic E-state index is 13.6.